The third kappa shape index (κ3) is 3.56. The Morgan fingerprint density at radius 1 is 1.08 bits per heavy atom. The van der Waals surface area contributed by atoms with E-state index in [0.29, 0.717) is 5.69 Å². The van der Waals surface area contributed by atoms with E-state index < -0.39 is 17.5 Å². The highest BCUT2D eigenvalue weighted by atomic mass is 16.5. The van der Waals surface area contributed by atoms with E-state index >= 15 is 0 Å². The van der Waals surface area contributed by atoms with Gasteiger partial charge in [0.25, 0.3) is 0 Å². The van der Waals surface area contributed by atoms with Gasteiger partial charge in [0.1, 0.15) is 16.8 Å². The SMILES string of the molecule is COC(=O)c1c(NC(C)(C)C)oc(-c2ccccn2)c1C(=O)OC. The maximum Gasteiger partial charge on any atom is 0.344 e. The molecule has 0 unspecified atom stereocenters. The van der Waals surface area contributed by atoms with Crippen molar-refractivity contribution in [3.63, 3.8) is 0 Å². The van der Waals surface area contributed by atoms with E-state index in [1.807, 2.05) is 20.8 Å². The molecule has 2 aromatic rings. The van der Waals surface area contributed by atoms with Gasteiger partial charge in [-0.15, -0.1) is 0 Å². The van der Waals surface area contributed by atoms with Crippen LogP contribution in [0.25, 0.3) is 11.5 Å². The lowest BCUT2D eigenvalue weighted by atomic mass is 10.1. The number of carbonyl (C=O) groups excluding carboxylic acids is 2. The van der Waals surface area contributed by atoms with Crippen molar-refractivity contribution in [2.45, 2.75) is 26.3 Å². The second kappa shape index (κ2) is 6.74. The number of nitrogens with one attached hydrogen (secondary N) is 1. The normalized spacial score (nSPS) is 11.0. The molecule has 0 aliphatic rings. The lowest BCUT2D eigenvalue weighted by molar-refractivity contribution is 0.0558. The van der Waals surface area contributed by atoms with Crippen molar-refractivity contribution in [2.75, 3.05) is 19.5 Å². The average Bonchev–Trinajstić information content (AvgIpc) is 2.91. The van der Waals surface area contributed by atoms with Gasteiger partial charge in [0.15, 0.2) is 5.76 Å². The minimum absolute atomic E-state index is 0.0140. The van der Waals surface area contributed by atoms with Crippen LogP contribution in [0.4, 0.5) is 5.88 Å². The van der Waals surface area contributed by atoms with Crippen LogP contribution in [0.3, 0.4) is 0 Å². The summed E-state index contributed by atoms with van der Waals surface area (Å²) in [5.41, 5.74) is -0.0326. The van der Waals surface area contributed by atoms with Crippen LogP contribution >= 0.6 is 0 Å². The van der Waals surface area contributed by atoms with Crippen LogP contribution in [-0.2, 0) is 9.47 Å². The smallest absolute Gasteiger partial charge is 0.344 e. The van der Waals surface area contributed by atoms with Crippen molar-refractivity contribution in [3.05, 3.63) is 35.5 Å². The number of rotatable bonds is 4. The quantitative estimate of drug-likeness (QED) is 0.860. The van der Waals surface area contributed by atoms with Crippen LogP contribution in [0, 0.1) is 0 Å². The first-order valence-electron chi connectivity index (χ1n) is 7.31. The van der Waals surface area contributed by atoms with Crippen molar-refractivity contribution in [2.24, 2.45) is 0 Å². The number of pyridine rings is 1. The van der Waals surface area contributed by atoms with Crippen LogP contribution in [-0.4, -0.2) is 36.7 Å². The summed E-state index contributed by atoms with van der Waals surface area (Å²) >= 11 is 0. The summed E-state index contributed by atoms with van der Waals surface area (Å²) in [5.74, 6) is -1.13. The molecular formula is C17H20N2O5. The number of carbonyl (C=O) groups is 2. The summed E-state index contributed by atoms with van der Waals surface area (Å²) in [4.78, 5) is 28.7. The summed E-state index contributed by atoms with van der Waals surface area (Å²) in [7, 11) is 2.47. The molecule has 0 spiro atoms. The first-order chi connectivity index (χ1) is 11.3. The number of furan rings is 1. The van der Waals surface area contributed by atoms with Crippen molar-refractivity contribution >= 4 is 17.8 Å². The largest absolute Gasteiger partial charge is 0.465 e. The molecular weight excluding hydrogens is 312 g/mol. The summed E-state index contributed by atoms with van der Waals surface area (Å²) in [6, 6.07) is 5.16. The summed E-state index contributed by atoms with van der Waals surface area (Å²) in [6.45, 7) is 5.69. The fraction of sp³-hybridized carbons (Fsp3) is 0.353. The maximum atomic E-state index is 12.3. The molecule has 24 heavy (non-hydrogen) atoms. The first-order valence-corrected chi connectivity index (χ1v) is 7.31. The van der Waals surface area contributed by atoms with E-state index in [9.17, 15) is 9.59 Å². The third-order valence-electron chi connectivity index (χ3n) is 3.07. The number of nitrogens with zero attached hydrogens (tertiary/aromatic N) is 1. The lowest BCUT2D eigenvalue weighted by Gasteiger charge is -2.20. The highest BCUT2D eigenvalue weighted by Crippen LogP contribution is 2.36. The Morgan fingerprint density at radius 3 is 2.21 bits per heavy atom. The van der Waals surface area contributed by atoms with Crippen molar-refractivity contribution in [1.29, 1.82) is 0 Å². The van der Waals surface area contributed by atoms with E-state index in [4.69, 9.17) is 13.9 Å². The molecule has 0 radical (unpaired) electrons. The molecule has 7 nitrogen and oxygen atoms in total. The molecule has 0 saturated carbocycles. The standard InChI is InChI=1S/C17H20N2O5/c1-17(2,3)19-14-12(16(21)23-5)11(15(20)22-4)13(24-14)10-8-6-7-9-18-10/h6-9,19H,1-5H3. The zero-order chi connectivity index (χ0) is 17.9. The molecule has 0 fully saturated rings. The lowest BCUT2D eigenvalue weighted by Crippen LogP contribution is -2.27. The van der Waals surface area contributed by atoms with Gasteiger partial charge in [-0.3, -0.25) is 4.98 Å². The van der Waals surface area contributed by atoms with Gasteiger partial charge in [-0.25, -0.2) is 9.59 Å². The van der Waals surface area contributed by atoms with Crippen molar-refractivity contribution in [3.8, 4) is 11.5 Å². The summed E-state index contributed by atoms with van der Waals surface area (Å²) < 4.78 is 15.4. The van der Waals surface area contributed by atoms with Gasteiger partial charge in [0, 0.05) is 11.7 Å². The predicted molar refractivity (Wildman–Crippen MR) is 88.0 cm³/mol. The predicted octanol–water partition coefficient (Wildman–Crippen LogP) is 3.13. The Morgan fingerprint density at radius 2 is 1.71 bits per heavy atom. The number of esters is 2. The number of anilines is 1. The fourth-order valence-corrected chi connectivity index (χ4v) is 2.13. The van der Waals surface area contributed by atoms with Gasteiger partial charge in [0.2, 0.25) is 5.88 Å². The first kappa shape index (κ1) is 17.5. The van der Waals surface area contributed by atoms with Crippen LogP contribution in [0.2, 0.25) is 0 Å². The van der Waals surface area contributed by atoms with Gasteiger partial charge < -0.3 is 19.2 Å². The molecule has 0 aliphatic heterocycles. The van der Waals surface area contributed by atoms with Gasteiger partial charge in [-0.1, -0.05) is 6.07 Å². The molecule has 1 N–H and O–H groups in total. The van der Waals surface area contributed by atoms with Crippen molar-refractivity contribution < 1.29 is 23.5 Å². The molecule has 0 atom stereocenters. The second-order valence-corrected chi connectivity index (χ2v) is 6.08. The molecule has 2 rings (SSSR count). The van der Waals surface area contributed by atoms with Gasteiger partial charge >= 0.3 is 11.9 Å². The minimum Gasteiger partial charge on any atom is -0.465 e. The number of ether oxygens (including phenoxy) is 2. The Balaban J connectivity index is 2.75. The van der Waals surface area contributed by atoms with Crippen LogP contribution in [0.1, 0.15) is 41.5 Å². The van der Waals surface area contributed by atoms with E-state index in [1.54, 1.807) is 24.4 Å². The maximum absolute atomic E-state index is 12.3. The van der Waals surface area contributed by atoms with Gasteiger partial charge in [0.05, 0.1) is 14.2 Å². The highest BCUT2D eigenvalue weighted by molar-refractivity contribution is 6.10. The van der Waals surface area contributed by atoms with Crippen molar-refractivity contribution in [1.82, 2.24) is 4.98 Å². The number of hydrogen-bond donors (Lipinski definition) is 1. The molecule has 0 amide bonds. The molecule has 2 heterocycles. The zero-order valence-corrected chi connectivity index (χ0v) is 14.3. The third-order valence-corrected chi connectivity index (χ3v) is 3.07. The monoisotopic (exact) mass is 332 g/mol. The summed E-state index contributed by atoms with van der Waals surface area (Å²) in [6.07, 6.45) is 1.56. The van der Waals surface area contributed by atoms with E-state index in [0.717, 1.165) is 0 Å². The summed E-state index contributed by atoms with van der Waals surface area (Å²) in [5, 5.41) is 3.07. The van der Waals surface area contributed by atoms with Crippen LogP contribution in [0.5, 0.6) is 0 Å². The molecule has 0 aromatic carbocycles. The Labute approximate surface area is 140 Å². The molecule has 0 saturated heterocycles. The van der Waals surface area contributed by atoms with E-state index in [2.05, 4.69) is 10.3 Å². The Kier molecular flexibility index (Phi) is 4.92. The van der Waals surface area contributed by atoms with Gasteiger partial charge in [-0.05, 0) is 32.9 Å². The fourth-order valence-electron chi connectivity index (χ4n) is 2.13. The molecule has 7 heteroatoms. The Hall–Kier alpha value is -2.83. The zero-order valence-electron chi connectivity index (χ0n) is 14.3. The Bertz CT molecular complexity index is 744. The molecule has 128 valence electrons. The number of hydrogen-bond acceptors (Lipinski definition) is 7. The number of methoxy groups -OCH3 is 2. The number of aromatic nitrogens is 1. The second-order valence-electron chi connectivity index (χ2n) is 6.08. The van der Waals surface area contributed by atoms with E-state index in [-0.39, 0.29) is 22.8 Å². The van der Waals surface area contributed by atoms with Crippen LogP contribution in [0.15, 0.2) is 28.8 Å². The van der Waals surface area contributed by atoms with E-state index in [1.165, 1.54) is 14.2 Å². The highest BCUT2D eigenvalue weighted by Gasteiger charge is 2.34. The molecule has 0 aliphatic carbocycles. The average molecular weight is 332 g/mol. The topological polar surface area (TPSA) is 90.7 Å². The van der Waals surface area contributed by atoms with Gasteiger partial charge in [-0.2, -0.15) is 0 Å². The molecule has 2 aromatic heterocycles. The van der Waals surface area contributed by atoms with Crippen LogP contribution < -0.4 is 5.32 Å². The minimum atomic E-state index is -0.707. The molecule has 0 bridgehead atoms.